The van der Waals surface area contributed by atoms with Crippen LogP contribution < -0.4 is 24.9 Å². The van der Waals surface area contributed by atoms with E-state index in [0.29, 0.717) is 29.2 Å². The molecule has 3 N–H and O–H groups in total. The molecule has 3 aliphatic rings. The maximum Gasteiger partial charge on any atom is 0.264 e. The van der Waals surface area contributed by atoms with E-state index >= 15 is 4.79 Å². The molecule has 3 heterocycles. The Labute approximate surface area is 300 Å². The highest BCUT2D eigenvalue weighted by Crippen LogP contribution is 2.60. The van der Waals surface area contributed by atoms with Crippen molar-refractivity contribution in [3.05, 3.63) is 77.9 Å². The van der Waals surface area contributed by atoms with Crippen molar-refractivity contribution in [2.24, 2.45) is 5.92 Å². The lowest BCUT2D eigenvalue weighted by Crippen LogP contribution is -2.52. The second-order valence-electron chi connectivity index (χ2n) is 14.6. The first-order valence-electron chi connectivity index (χ1n) is 17.7. The number of likely N-dealkylation sites (tertiary alicyclic amines) is 1. The van der Waals surface area contributed by atoms with E-state index < -0.39 is 31.8 Å². The number of rotatable bonds is 11. The average molecular weight is 716 g/mol. The van der Waals surface area contributed by atoms with Crippen molar-refractivity contribution < 1.29 is 38.8 Å². The molecule has 11 nitrogen and oxygen atoms in total. The van der Waals surface area contributed by atoms with E-state index in [1.165, 1.54) is 12.1 Å². The molecule has 2 saturated heterocycles. The molecule has 0 aromatic heterocycles. The van der Waals surface area contributed by atoms with Crippen molar-refractivity contribution in [3.63, 3.8) is 0 Å². The van der Waals surface area contributed by atoms with Crippen LogP contribution in [0.5, 0.6) is 11.5 Å². The van der Waals surface area contributed by atoms with Crippen LogP contribution in [-0.2, 0) is 31.3 Å². The summed E-state index contributed by atoms with van der Waals surface area (Å²) in [6.07, 6.45) is 0.00462. The largest absolute Gasteiger partial charge is 0.497 e. The highest BCUT2D eigenvalue weighted by molar-refractivity contribution is 6.91. The number of nitrogens with zero attached hydrogens (tertiary/aromatic N) is 2. The minimum Gasteiger partial charge on any atom is -0.497 e. The summed E-state index contributed by atoms with van der Waals surface area (Å²) in [5.74, 6) is 0.275. The molecule has 272 valence electrons. The Bertz CT molecular complexity index is 1760. The van der Waals surface area contributed by atoms with Crippen LogP contribution in [0.25, 0.3) is 0 Å². The summed E-state index contributed by atoms with van der Waals surface area (Å²) in [5.41, 5.74) is 1.30. The monoisotopic (exact) mass is 715 g/mol. The fraction of sp³-hybridized carbons (Fsp3) is 0.462. The van der Waals surface area contributed by atoms with Gasteiger partial charge in [0, 0.05) is 23.7 Å². The van der Waals surface area contributed by atoms with Gasteiger partial charge in [-0.1, -0.05) is 49.5 Å². The van der Waals surface area contributed by atoms with E-state index in [9.17, 15) is 19.8 Å². The maximum atomic E-state index is 15.1. The van der Waals surface area contributed by atoms with E-state index in [0.717, 1.165) is 24.2 Å². The van der Waals surface area contributed by atoms with Gasteiger partial charge in [-0.3, -0.25) is 14.4 Å². The van der Waals surface area contributed by atoms with Crippen LogP contribution >= 0.6 is 0 Å². The molecule has 3 amide bonds. The smallest absolute Gasteiger partial charge is 0.264 e. The van der Waals surface area contributed by atoms with Gasteiger partial charge >= 0.3 is 0 Å². The van der Waals surface area contributed by atoms with Gasteiger partial charge < -0.3 is 39.5 Å². The zero-order valence-electron chi connectivity index (χ0n) is 30.2. The van der Waals surface area contributed by atoms with Crippen molar-refractivity contribution in [1.29, 1.82) is 0 Å². The molecular formula is C39H49N3O8Si. The molecular weight excluding hydrogens is 667 g/mol. The number of benzene rings is 3. The Kier molecular flexibility index (Phi) is 10.3. The number of nitrogens with one attached hydrogen (secondary N) is 1. The Morgan fingerprint density at radius 1 is 1.04 bits per heavy atom. The molecule has 2 fully saturated rings. The molecule has 3 aromatic rings. The van der Waals surface area contributed by atoms with E-state index in [2.05, 4.69) is 37.5 Å². The second-order valence-corrected chi connectivity index (χ2v) is 19.3. The van der Waals surface area contributed by atoms with Gasteiger partial charge in [0.15, 0.2) is 5.60 Å². The third-order valence-corrected chi connectivity index (χ3v) is 15.6. The number of hydrogen-bond acceptors (Lipinski definition) is 8. The fourth-order valence-corrected chi connectivity index (χ4v) is 12.6. The average Bonchev–Trinajstić information content (AvgIpc) is 3.79. The lowest BCUT2D eigenvalue weighted by Gasteiger charge is -2.37. The summed E-state index contributed by atoms with van der Waals surface area (Å²) in [6.45, 7) is 8.82. The summed E-state index contributed by atoms with van der Waals surface area (Å²) in [6, 6.07) is 20.7. The number of hydrogen-bond donors (Lipinski definition) is 3. The topological polar surface area (TPSA) is 138 Å². The van der Waals surface area contributed by atoms with Crippen molar-refractivity contribution >= 4 is 42.4 Å². The van der Waals surface area contributed by atoms with Crippen molar-refractivity contribution in [1.82, 2.24) is 4.90 Å². The minimum absolute atomic E-state index is 0.0683. The minimum atomic E-state index is -2.49. The first-order chi connectivity index (χ1) is 24.3. The zero-order valence-corrected chi connectivity index (χ0v) is 31.2. The predicted molar refractivity (Wildman–Crippen MR) is 197 cm³/mol. The highest BCUT2D eigenvalue weighted by atomic mass is 28.3. The Morgan fingerprint density at radius 2 is 1.71 bits per heavy atom. The summed E-state index contributed by atoms with van der Waals surface area (Å²) in [4.78, 5) is 44.7. The van der Waals surface area contributed by atoms with Crippen LogP contribution in [0.2, 0.25) is 18.6 Å². The van der Waals surface area contributed by atoms with Gasteiger partial charge in [0.2, 0.25) is 5.91 Å². The first-order valence-corrected chi connectivity index (χ1v) is 20.7. The number of aliphatic hydroxyl groups excluding tert-OH is 2. The number of carbonyl (C=O) groups is 3. The Hall–Kier alpha value is -4.23. The van der Waals surface area contributed by atoms with Gasteiger partial charge in [-0.05, 0) is 73.3 Å². The SMILES string of the molecule is COc1ccc([Si](C)(C)[C@@H]2[C@@H](CC(=O)N3CCC[C@H]3CO)O[C@]3(C(=O)N(Cc4ccc(NC(=O)[C@H](C)O)cc4)c4ccc(OC)cc43)[C@H]2C)cc1. The summed E-state index contributed by atoms with van der Waals surface area (Å²) in [7, 11) is 0.749. The number of carbonyl (C=O) groups excluding carboxylic acids is 3. The van der Waals surface area contributed by atoms with Crippen LogP contribution in [0.1, 0.15) is 44.2 Å². The molecule has 3 aliphatic heterocycles. The predicted octanol–water partition coefficient (Wildman–Crippen LogP) is 4.16. The highest BCUT2D eigenvalue weighted by Gasteiger charge is 2.66. The lowest BCUT2D eigenvalue weighted by molar-refractivity contribution is -0.150. The van der Waals surface area contributed by atoms with Gasteiger partial charge in [-0.2, -0.15) is 0 Å². The quantitative estimate of drug-likeness (QED) is 0.252. The third-order valence-electron chi connectivity index (χ3n) is 11.3. The van der Waals surface area contributed by atoms with E-state index in [4.69, 9.17) is 14.2 Å². The number of methoxy groups -OCH3 is 2. The standard InChI is InChI=1S/C39H49N3O8Si/c1-24-36(51(5,6)31-16-13-29(48-3)14-17-31)34(21-35(45)41-19-7-8-28(41)23-43)50-39(24)32-20-30(49-4)15-18-33(32)42(38(39)47)22-26-9-11-27(12-10-26)40-37(46)25(2)44/h9-18,20,24-25,28,34,36,43-44H,7-8,19,21-23H2,1-6H3,(H,40,46)/t24-,25-,28-,34+,36-,39+/m0/s1. The van der Waals surface area contributed by atoms with Crippen LogP contribution in [0.4, 0.5) is 11.4 Å². The van der Waals surface area contributed by atoms with Gasteiger partial charge in [-0.15, -0.1) is 0 Å². The molecule has 0 saturated carbocycles. The van der Waals surface area contributed by atoms with Gasteiger partial charge in [0.05, 0.1) is 59.7 Å². The third kappa shape index (κ3) is 6.54. The van der Waals surface area contributed by atoms with Crippen LogP contribution in [-0.4, -0.2) is 86.5 Å². The van der Waals surface area contributed by atoms with Crippen molar-refractivity contribution in [2.45, 2.75) is 82.1 Å². The first kappa shape index (κ1) is 36.6. The Balaban J connectivity index is 1.40. The number of amides is 3. The molecule has 12 heteroatoms. The molecule has 6 rings (SSSR count). The number of ether oxygens (including phenoxy) is 3. The van der Waals surface area contributed by atoms with E-state index in [-0.39, 0.29) is 48.9 Å². The summed E-state index contributed by atoms with van der Waals surface area (Å²) >= 11 is 0. The van der Waals surface area contributed by atoms with Gasteiger partial charge in [0.1, 0.15) is 17.6 Å². The molecule has 0 aliphatic carbocycles. The van der Waals surface area contributed by atoms with Gasteiger partial charge in [-0.25, -0.2) is 0 Å². The van der Waals surface area contributed by atoms with Crippen molar-refractivity contribution in [2.75, 3.05) is 37.6 Å². The van der Waals surface area contributed by atoms with Crippen LogP contribution in [0, 0.1) is 5.92 Å². The van der Waals surface area contributed by atoms with E-state index in [1.54, 1.807) is 36.2 Å². The lowest BCUT2D eigenvalue weighted by atomic mass is 9.82. The number of fused-ring (bicyclic) bond motifs is 2. The molecule has 0 radical (unpaired) electrons. The molecule has 0 unspecified atom stereocenters. The maximum absolute atomic E-state index is 15.1. The molecule has 3 aromatic carbocycles. The second kappa shape index (κ2) is 14.4. The summed E-state index contributed by atoms with van der Waals surface area (Å²) < 4.78 is 18.3. The Morgan fingerprint density at radius 3 is 2.33 bits per heavy atom. The fourth-order valence-electron chi connectivity index (χ4n) is 8.54. The van der Waals surface area contributed by atoms with E-state index in [1.807, 2.05) is 42.5 Å². The van der Waals surface area contributed by atoms with Crippen molar-refractivity contribution in [3.8, 4) is 11.5 Å². The van der Waals surface area contributed by atoms with Crippen LogP contribution in [0.3, 0.4) is 0 Å². The normalized spacial score (nSPS) is 24.9. The molecule has 0 bridgehead atoms. The summed E-state index contributed by atoms with van der Waals surface area (Å²) in [5, 5.41) is 23.5. The molecule has 1 spiro atoms. The number of aliphatic hydroxyl groups is 2. The number of anilines is 2. The molecule has 6 atom stereocenters. The molecule has 51 heavy (non-hydrogen) atoms. The van der Waals surface area contributed by atoms with Gasteiger partial charge in [0.25, 0.3) is 11.8 Å². The van der Waals surface area contributed by atoms with Crippen LogP contribution in [0.15, 0.2) is 66.7 Å². The zero-order chi connectivity index (χ0) is 36.7.